The molecule has 0 spiro atoms. The Hall–Kier alpha value is -3.15. The van der Waals surface area contributed by atoms with Gasteiger partial charge in [-0.25, -0.2) is 4.39 Å². The largest absolute Gasteiger partial charge is 0.490 e. The third kappa shape index (κ3) is 4.00. The fourth-order valence-corrected chi connectivity index (χ4v) is 3.30. The number of carboxylic acid groups (broad SMARTS) is 1. The average Bonchev–Trinajstić information content (AvgIpc) is 2.66. The standard InChI is InChI=1S/C21H20FNO4/c1-2-13-27-17-9-3-14(4-10-17)20-18(11-12-19(24)25)21(26)23(20)16-7-5-15(22)6-8-16/h2-10,18,20H,1,11-13H2,(H,24,25)/t18?,20-/m1/s1. The number of β-lactam (4-membered cyclic amide) rings is 1. The minimum absolute atomic E-state index is 0.0787. The maximum Gasteiger partial charge on any atom is 0.303 e. The van der Waals surface area contributed by atoms with E-state index in [0.717, 1.165) is 5.56 Å². The first kappa shape index (κ1) is 18.6. The number of benzene rings is 2. The first-order chi connectivity index (χ1) is 13.0. The summed E-state index contributed by atoms with van der Waals surface area (Å²) in [5.74, 6) is -1.21. The van der Waals surface area contributed by atoms with Crippen molar-refractivity contribution in [1.29, 1.82) is 0 Å². The number of aliphatic carboxylic acids is 1. The maximum absolute atomic E-state index is 13.2. The molecule has 1 fully saturated rings. The van der Waals surface area contributed by atoms with Gasteiger partial charge in [-0.3, -0.25) is 9.59 Å². The Labute approximate surface area is 156 Å². The predicted molar refractivity (Wildman–Crippen MR) is 99.1 cm³/mol. The van der Waals surface area contributed by atoms with Crippen LogP contribution in [0.15, 0.2) is 61.2 Å². The number of amides is 1. The molecule has 2 aromatic carbocycles. The molecule has 140 valence electrons. The zero-order chi connectivity index (χ0) is 19.4. The monoisotopic (exact) mass is 369 g/mol. The number of rotatable bonds is 8. The molecule has 2 aromatic rings. The van der Waals surface area contributed by atoms with E-state index >= 15 is 0 Å². The molecule has 1 aliphatic heterocycles. The van der Waals surface area contributed by atoms with Crippen LogP contribution < -0.4 is 9.64 Å². The van der Waals surface area contributed by atoms with Gasteiger partial charge in [-0.2, -0.15) is 0 Å². The van der Waals surface area contributed by atoms with E-state index < -0.39 is 11.9 Å². The molecule has 3 rings (SSSR count). The van der Waals surface area contributed by atoms with E-state index in [-0.39, 0.29) is 30.6 Å². The molecule has 1 N–H and O–H groups in total. The van der Waals surface area contributed by atoms with Gasteiger partial charge >= 0.3 is 5.97 Å². The van der Waals surface area contributed by atoms with Gasteiger partial charge in [0.25, 0.3) is 0 Å². The summed E-state index contributed by atoms with van der Waals surface area (Å²) in [5, 5.41) is 8.97. The highest BCUT2D eigenvalue weighted by Gasteiger charge is 2.48. The third-order valence-electron chi connectivity index (χ3n) is 4.58. The number of nitrogens with zero attached hydrogens (tertiary/aromatic N) is 1. The maximum atomic E-state index is 13.2. The molecule has 1 aliphatic rings. The van der Waals surface area contributed by atoms with E-state index in [9.17, 15) is 14.0 Å². The third-order valence-corrected chi connectivity index (χ3v) is 4.58. The van der Waals surface area contributed by atoms with Gasteiger partial charge in [0, 0.05) is 12.1 Å². The summed E-state index contributed by atoms with van der Waals surface area (Å²) in [6, 6.07) is 12.7. The Kier molecular flexibility index (Phi) is 5.54. The Morgan fingerprint density at radius 3 is 2.44 bits per heavy atom. The molecule has 0 radical (unpaired) electrons. The Morgan fingerprint density at radius 1 is 1.19 bits per heavy atom. The van der Waals surface area contributed by atoms with Crippen molar-refractivity contribution in [2.24, 2.45) is 5.92 Å². The molecule has 27 heavy (non-hydrogen) atoms. The molecule has 1 saturated heterocycles. The van der Waals surface area contributed by atoms with E-state index in [0.29, 0.717) is 18.0 Å². The molecule has 1 heterocycles. The average molecular weight is 369 g/mol. The van der Waals surface area contributed by atoms with Crippen molar-refractivity contribution in [1.82, 2.24) is 0 Å². The number of carboxylic acids is 1. The summed E-state index contributed by atoms with van der Waals surface area (Å²) in [6.45, 7) is 4.00. The summed E-state index contributed by atoms with van der Waals surface area (Å²) in [7, 11) is 0. The van der Waals surface area contributed by atoms with Crippen molar-refractivity contribution in [2.45, 2.75) is 18.9 Å². The van der Waals surface area contributed by atoms with Gasteiger partial charge in [-0.15, -0.1) is 0 Å². The normalized spacial score (nSPS) is 18.7. The molecule has 0 aromatic heterocycles. The first-order valence-electron chi connectivity index (χ1n) is 8.65. The number of carbonyl (C=O) groups is 2. The highest BCUT2D eigenvalue weighted by molar-refractivity contribution is 6.03. The summed E-state index contributed by atoms with van der Waals surface area (Å²) < 4.78 is 18.7. The van der Waals surface area contributed by atoms with E-state index in [1.54, 1.807) is 35.2 Å². The van der Waals surface area contributed by atoms with Gasteiger partial charge in [-0.05, 0) is 48.4 Å². The van der Waals surface area contributed by atoms with Gasteiger partial charge in [0.2, 0.25) is 5.91 Å². The highest BCUT2D eigenvalue weighted by atomic mass is 19.1. The molecular weight excluding hydrogens is 349 g/mol. The van der Waals surface area contributed by atoms with Crippen molar-refractivity contribution in [2.75, 3.05) is 11.5 Å². The van der Waals surface area contributed by atoms with Crippen molar-refractivity contribution < 1.29 is 23.8 Å². The number of hydrogen-bond donors (Lipinski definition) is 1. The van der Waals surface area contributed by atoms with Crippen LogP contribution in [0.25, 0.3) is 0 Å². The van der Waals surface area contributed by atoms with Gasteiger partial charge in [-0.1, -0.05) is 24.8 Å². The van der Waals surface area contributed by atoms with Gasteiger partial charge in [0.05, 0.1) is 12.0 Å². The quantitative estimate of drug-likeness (QED) is 0.565. The topological polar surface area (TPSA) is 66.8 Å². The summed E-state index contributed by atoms with van der Waals surface area (Å²) >= 11 is 0. The summed E-state index contributed by atoms with van der Waals surface area (Å²) in [6.07, 6.45) is 1.83. The molecular formula is C21H20FNO4. The highest BCUT2D eigenvalue weighted by Crippen LogP contribution is 2.45. The number of hydrogen-bond acceptors (Lipinski definition) is 3. The van der Waals surface area contributed by atoms with Crippen LogP contribution in [-0.2, 0) is 9.59 Å². The SMILES string of the molecule is C=CCOc1ccc([C@@H]2C(CCC(=O)O)C(=O)N2c2ccc(F)cc2)cc1. The Balaban J connectivity index is 1.86. The Bertz CT molecular complexity index is 832. The fourth-order valence-electron chi connectivity index (χ4n) is 3.30. The molecule has 1 amide bonds. The van der Waals surface area contributed by atoms with Crippen molar-refractivity contribution in [3.05, 3.63) is 72.6 Å². The lowest BCUT2D eigenvalue weighted by Crippen LogP contribution is -2.55. The van der Waals surface area contributed by atoms with Gasteiger partial charge in [0.1, 0.15) is 18.2 Å². The summed E-state index contributed by atoms with van der Waals surface area (Å²) in [5.41, 5.74) is 1.46. The number of ether oxygens (including phenoxy) is 1. The second-order valence-corrected chi connectivity index (χ2v) is 6.34. The second kappa shape index (κ2) is 8.03. The van der Waals surface area contributed by atoms with Crippen molar-refractivity contribution in [3.63, 3.8) is 0 Å². The van der Waals surface area contributed by atoms with Gasteiger partial charge in [0.15, 0.2) is 0 Å². The molecule has 0 aliphatic carbocycles. The van der Waals surface area contributed by atoms with Crippen LogP contribution in [0.1, 0.15) is 24.4 Å². The van der Waals surface area contributed by atoms with E-state index in [1.807, 2.05) is 12.1 Å². The smallest absolute Gasteiger partial charge is 0.303 e. The van der Waals surface area contributed by atoms with Crippen LogP contribution >= 0.6 is 0 Å². The van der Waals surface area contributed by atoms with Crippen LogP contribution in [0.5, 0.6) is 5.75 Å². The lowest BCUT2D eigenvalue weighted by Gasteiger charge is -2.47. The molecule has 0 bridgehead atoms. The molecule has 2 atom stereocenters. The predicted octanol–water partition coefficient (Wildman–Crippen LogP) is 3.96. The fraction of sp³-hybridized carbons (Fsp3) is 0.238. The van der Waals surface area contributed by atoms with Crippen LogP contribution in [-0.4, -0.2) is 23.6 Å². The van der Waals surface area contributed by atoms with E-state index in [1.165, 1.54) is 12.1 Å². The zero-order valence-electron chi connectivity index (χ0n) is 14.7. The Morgan fingerprint density at radius 2 is 1.85 bits per heavy atom. The number of anilines is 1. The summed E-state index contributed by atoms with van der Waals surface area (Å²) in [4.78, 5) is 25.2. The minimum Gasteiger partial charge on any atom is -0.490 e. The van der Waals surface area contributed by atoms with E-state index in [4.69, 9.17) is 9.84 Å². The van der Waals surface area contributed by atoms with E-state index in [2.05, 4.69) is 6.58 Å². The zero-order valence-corrected chi connectivity index (χ0v) is 14.7. The lowest BCUT2D eigenvalue weighted by atomic mass is 9.79. The minimum atomic E-state index is -0.935. The second-order valence-electron chi connectivity index (χ2n) is 6.34. The van der Waals surface area contributed by atoms with Gasteiger partial charge < -0.3 is 14.7 Å². The molecule has 6 heteroatoms. The van der Waals surface area contributed by atoms with Crippen LogP contribution in [0.2, 0.25) is 0 Å². The number of carbonyl (C=O) groups excluding carboxylic acids is 1. The molecule has 1 unspecified atom stereocenters. The first-order valence-corrected chi connectivity index (χ1v) is 8.65. The van der Waals surface area contributed by atoms with Crippen molar-refractivity contribution >= 4 is 17.6 Å². The number of halogens is 1. The van der Waals surface area contributed by atoms with Crippen LogP contribution in [0.3, 0.4) is 0 Å². The van der Waals surface area contributed by atoms with Crippen molar-refractivity contribution in [3.8, 4) is 5.75 Å². The van der Waals surface area contributed by atoms with Crippen LogP contribution in [0.4, 0.5) is 10.1 Å². The lowest BCUT2D eigenvalue weighted by molar-refractivity contribution is -0.138. The molecule has 0 saturated carbocycles. The molecule has 5 nitrogen and oxygen atoms in total. The van der Waals surface area contributed by atoms with Crippen LogP contribution in [0, 0.1) is 11.7 Å².